The minimum atomic E-state index is -1.27. The van der Waals surface area contributed by atoms with Gasteiger partial charge < -0.3 is 19.9 Å². The van der Waals surface area contributed by atoms with E-state index < -0.39 is 11.0 Å². The van der Waals surface area contributed by atoms with Crippen LogP contribution in [0, 0.1) is 0 Å². The lowest BCUT2D eigenvalue weighted by atomic mass is 10.1. The van der Waals surface area contributed by atoms with Crippen LogP contribution in [0.3, 0.4) is 0 Å². The SMILES string of the molecule is CN(C)S(=O)c1cc(-c2nc(N3CCOCC3)c3sc(CN4CCNCC4)cc3n2)c2cc[nH]c2c1. The number of hydrogen-bond donors (Lipinski definition) is 2. The molecule has 11 heteroatoms. The Morgan fingerprint density at radius 3 is 2.69 bits per heavy atom. The number of H-pyrrole nitrogens is 1. The summed E-state index contributed by atoms with van der Waals surface area (Å²) in [6.07, 6.45) is 1.91. The fourth-order valence-electron chi connectivity index (χ4n) is 4.88. The number of piperazine rings is 1. The Bertz CT molecular complexity index is 1400. The Labute approximate surface area is 217 Å². The quantitative estimate of drug-likeness (QED) is 0.400. The lowest BCUT2D eigenvalue weighted by molar-refractivity contribution is 0.122. The van der Waals surface area contributed by atoms with Gasteiger partial charge in [0.15, 0.2) is 11.6 Å². The Morgan fingerprint density at radius 2 is 1.92 bits per heavy atom. The van der Waals surface area contributed by atoms with Crippen LogP contribution in [0.5, 0.6) is 0 Å². The minimum absolute atomic E-state index is 0.665. The highest BCUT2D eigenvalue weighted by Gasteiger charge is 2.23. The fourth-order valence-corrected chi connectivity index (χ4v) is 6.89. The Morgan fingerprint density at radius 1 is 1.11 bits per heavy atom. The number of ether oxygens (including phenoxy) is 1. The third-order valence-electron chi connectivity index (χ3n) is 6.72. The molecule has 4 aromatic rings. The molecule has 0 aliphatic carbocycles. The number of morpholine rings is 1. The zero-order valence-electron chi connectivity index (χ0n) is 20.6. The van der Waals surface area contributed by atoms with E-state index in [9.17, 15) is 4.21 Å². The molecule has 2 saturated heterocycles. The monoisotopic (exact) mass is 525 g/mol. The first-order valence-electron chi connectivity index (χ1n) is 12.3. The molecule has 2 N–H and O–H groups in total. The molecule has 0 saturated carbocycles. The number of rotatable bonds is 6. The third kappa shape index (κ3) is 4.67. The standard InChI is InChI=1S/C25H31N7O2S2/c1-30(2)36(33)18-14-20(19-3-4-27-21(19)15-18)24-28-22-13-17(16-31-7-5-26-6-8-31)35-23(22)25(29-24)32-9-11-34-12-10-32/h3-4,13-15,26-27H,5-12,16H2,1-2H3. The zero-order chi connectivity index (χ0) is 24.6. The lowest BCUT2D eigenvalue weighted by Crippen LogP contribution is -2.42. The second kappa shape index (κ2) is 10.2. The first-order valence-corrected chi connectivity index (χ1v) is 14.3. The molecule has 2 fully saturated rings. The summed E-state index contributed by atoms with van der Waals surface area (Å²) < 4.78 is 21.4. The second-order valence-electron chi connectivity index (χ2n) is 9.39. The highest BCUT2D eigenvalue weighted by Crippen LogP contribution is 2.37. The molecule has 0 radical (unpaired) electrons. The summed E-state index contributed by atoms with van der Waals surface area (Å²) in [7, 11) is 2.36. The molecule has 0 bridgehead atoms. The molecule has 9 nitrogen and oxygen atoms in total. The number of anilines is 1. The topological polar surface area (TPSA) is 89.6 Å². The predicted octanol–water partition coefficient (Wildman–Crippen LogP) is 2.67. The largest absolute Gasteiger partial charge is 0.378 e. The third-order valence-corrected chi connectivity index (χ3v) is 9.13. The first-order chi connectivity index (χ1) is 17.6. The van der Waals surface area contributed by atoms with Crippen LogP contribution in [0.15, 0.2) is 35.4 Å². The number of aromatic nitrogens is 3. The zero-order valence-corrected chi connectivity index (χ0v) is 22.3. The van der Waals surface area contributed by atoms with E-state index in [0.717, 1.165) is 83.2 Å². The van der Waals surface area contributed by atoms with Crippen LogP contribution < -0.4 is 10.2 Å². The van der Waals surface area contributed by atoms with Gasteiger partial charge in [0, 0.05) is 73.4 Å². The van der Waals surface area contributed by atoms with Gasteiger partial charge in [-0.2, -0.15) is 0 Å². The minimum Gasteiger partial charge on any atom is -0.378 e. The van der Waals surface area contributed by atoms with Gasteiger partial charge in [-0.15, -0.1) is 11.3 Å². The van der Waals surface area contributed by atoms with Crippen molar-refractivity contribution in [3.63, 3.8) is 0 Å². The van der Waals surface area contributed by atoms with Crippen molar-refractivity contribution >= 4 is 49.3 Å². The van der Waals surface area contributed by atoms with E-state index in [1.54, 1.807) is 15.6 Å². The van der Waals surface area contributed by atoms with Crippen molar-refractivity contribution in [3.05, 3.63) is 35.3 Å². The predicted molar refractivity (Wildman–Crippen MR) is 146 cm³/mol. The maximum absolute atomic E-state index is 13.0. The van der Waals surface area contributed by atoms with Crippen molar-refractivity contribution < 1.29 is 8.95 Å². The van der Waals surface area contributed by atoms with Gasteiger partial charge in [0.25, 0.3) is 0 Å². The molecule has 0 amide bonds. The average molecular weight is 526 g/mol. The second-order valence-corrected chi connectivity index (χ2v) is 12.2. The number of fused-ring (bicyclic) bond motifs is 2. The van der Waals surface area contributed by atoms with E-state index >= 15 is 0 Å². The molecule has 1 atom stereocenters. The van der Waals surface area contributed by atoms with Crippen LogP contribution in [0.2, 0.25) is 0 Å². The molecular weight excluding hydrogens is 494 g/mol. The summed E-state index contributed by atoms with van der Waals surface area (Å²) in [4.78, 5) is 20.4. The van der Waals surface area contributed by atoms with Crippen LogP contribution in [0.4, 0.5) is 5.82 Å². The van der Waals surface area contributed by atoms with Gasteiger partial charge in [0.2, 0.25) is 0 Å². The maximum Gasteiger partial charge on any atom is 0.162 e. The van der Waals surface area contributed by atoms with Gasteiger partial charge in [0.05, 0.1) is 28.3 Å². The molecule has 1 unspecified atom stereocenters. The number of nitrogens with zero attached hydrogens (tertiary/aromatic N) is 5. The lowest BCUT2D eigenvalue weighted by Gasteiger charge is -2.28. The van der Waals surface area contributed by atoms with Crippen LogP contribution in [0.1, 0.15) is 4.88 Å². The molecule has 0 spiro atoms. The molecular formula is C25H31N7O2S2. The van der Waals surface area contributed by atoms with Crippen LogP contribution >= 0.6 is 11.3 Å². The van der Waals surface area contributed by atoms with E-state index in [2.05, 4.69) is 26.2 Å². The summed E-state index contributed by atoms with van der Waals surface area (Å²) >= 11 is 1.80. The van der Waals surface area contributed by atoms with Crippen LogP contribution in [0.25, 0.3) is 32.5 Å². The summed E-state index contributed by atoms with van der Waals surface area (Å²) in [5.74, 6) is 1.63. The van der Waals surface area contributed by atoms with E-state index in [0.29, 0.717) is 19.0 Å². The highest BCUT2D eigenvalue weighted by atomic mass is 32.2. The number of hydrogen-bond acceptors (Lipinski definition) is 8. The molecule has 190 valence electrons. The molecule has 36 heavy (non-hydrogen) atoms. The Kier molecular flexibility index (Phi) is 6.76. The van der Waals surface area contributed by atoms with Gasteiger partial charge in [0.1, 0.15) is 11.0 Å². The van der Waals surface area contributed by atoms with Crippen molar-refractivity contribution in [1.29, 1.82) is 0 Å². The van der Waals surface area contributed by atoms with Gasteiger partial charge in [-0.3, -0.25) is 4.90 Å². The molecule has 2 aliphatic heterocycles. The average Bonchev–Trinajstić information content (AvgIpc) is 3.54. The number of nitrogens with one attached hydrogen (secondary N) is 2. The van der Waals surface area contributed by atoms with Gasteiger partial charge in [-0.05, 0) is 38.4 Å². The summed E-state index contributed by atoms with van der Waals surface area (Å²) in [5, 5.41) is 4.46. The van der Waals surface area contributed by atoms with E-state index in [1.165, 1.54) is 4.88 Å². The summed E-state index contributed by atoms with van der Waals surface area (Å²) in [6.45, 7) is 8.11. The maximum atomic E-state index is 13.0. The van der Waals surface area contributed by atoms with Crippen LogP contribution in [-0.2, 0) is 22.3 Å². The Balaban J connectivity index is 1.48. The van der Waals surface area contributed by atoms with Crippen molar-refractivity contribution in [1.82, 2.24) is 29.5 Å². The number of aromatic amines is 1. The number of benzene rings is 1. The summed E-state index contributed by atoms with van der Waals surface area (Å²) in [6, 6.07) is 8.20. The van der Waals surface area contributed by atoms with Crippen LogP contribution in [-0.4, -0.2) is 94.9 Å². The van der Waals surface area contributed by atoms with Crippen molar-refractivity contribution in [2.45, 2.75) is 11.4 Å². The van der Waals surface area contributed by atoms with Gasteiger partial charge in [-0.25, -0.2) is 18.5 Å². The number of thiophene rings is 1. The Hall–Kier alpha value is -2.41. The van der Waals surface area contributed by atoms with Crippen molar-refractivity contribution in [2.75, 3.05) is 71.5 Å². The van der Waals surface area contributed by atoms with E-state index in [-0.39, 0.29) is 0 Å². The first kappa shape index (κ1) is 24.0. The smallest absolute Gasteiger partial charge is 0.162 e. The highest BCUT2D eigenvalue weighted by molar-refractivity contribution is 7.82. The van der Waals surface area contributed by atoms with E-state index in [4.69, 9.17) is 14.7 Å². The van der Waals surface area contributed by atoms with E-state index in [1.807, 2.05) is 38.5 Å². The molecule has 3 aromatic heterocycles. The fraction of sp³-hybridized carbons (Fsp3) is 0.440. The molecule has 2 aliphatic rings. The summed E-state index contributed by atoms with van der Waals surface area (Å²) in [5.41, 5.74) is 2.80. The van der Waals surface area contributed by atoms with Gasteiger partial charge >= 0.3 is 0 Å². The molecule has 1 aromatic carbocycles. The van der Waals surface area contributed by atoms with Gasteiger partial charge in [-0.1, -0.05) is 0 Å². The molecule has 5 heterocycles. The van der Waals surface area contributed by atoms with Crippen molar-refractivity contribution in [2.24, 2.45) is 0 Å². The van der Waals surface area contributed by atoms with Crippen molar-refractivity contribution in [3.8, 4) is 11.4 Å². The normalized spacial score (nSPS) is 18.5. The molecule has 6 rings (SSSR count).